The van der Waals surface area contributed by atoms with Crippen molar-refractivity contribution in [3.05, 3.63) is 41.9 Å². The summed E-state index contributed by atoms with van der Waals surface area (Å²) in [6.45, 7) is 0.198. The van der Waals surface area contributed by atoms with Gasteiger partial charge in [0.15, 0.2) is 5.65 Å². The molecule has 0 unspecified atom stereocenters. The molecule has 0 bridgehead atoms. The molecule has 0 saturated heterocycles. The summed E-state index contributed by atoms with van der Waals surface area (Å²) >= 11 is 0. The van der Waals surface area contributed by atoms with E-state index in [2.05, 4.69) is 19.9 Å². The lowest BCUT2D eigenvalue weighted by molar-refractivity contribution is -0.137. The zero-order valence-electron chi connectivity index (χ0n) is 12.5. The number of nitrogen functional groups attached to an aromatic ring is 1. The van der Waals surface area contributed by atoms with E-state index in [9.17, 15) is 13.2 Å². The Morgan fingerprint density at radius 1 is 1.21 bits per heavy atom. The van der Waals surface area contributed by atoms with Crippen LogP contribution >= 0.6 is 0 Å². The van der Waals surface area contributed by atoms with Gasteiger partial charge in [-0.25, -0.2) is 15.0 Å². The number of fused-ring (bicyclic) bond motifs is 1. The van der Waals surface area contributed by atoms with Gasteiger partial charge in [-0.2, -0.15) is 13.2 Å². The number of halogens is 3. The highest BCUT2D eigenvalue weighted by molar-refractivity contribution is 5.84. The van der Waals surface area contributed by atoms with Crippen LogP contribution in [0.15, 0.2) is 30.6 Å². The van der Waals surface area contributed by atoms with Crippen molar-refractivity contribution in [1.82, 2.24) is 19.9 Å². The molecule has 0 aliphatic carbocycles. The highest BCUT2D eigenvalue weighted by atomic mass is 19.4. The van der Waals surface area contributed by atoms with E-state index in [1.165, 1.54) is 25.6 Å². The van der Waals surface area contributed by atoms with E-state index in [4.69, 9.17) is 10.5 Å². The molecule has 0 atom stereocenters. The molecule has 0 saturated carbocycles. The summed E-state index contributed by atoms with van der Waals surface area (Å²) in [5.41, 5.74) is 5.93. The van der Waals surface area contributed by atoms with Crippen molar-refractivity contribution >= 4 is 16.9 Å². The van der Waals surface area contributed by atoms with Crippen LogP contribution in [-0.2, 0) is 17.5 Å². The molecule has 0 aromatic carbocycles. The van der Waals surface area contributed by atoms with Gasteiger partial charge in [-0.15, -0.1) is 0 Å². The largest absolute Gasteiger partial charge is 0.418 e. The smallest absolute Gasteiger partial charge is 0.397 e. The van der Waals surface area contributed by atoms with Gasteiger partial charge in [-0.05, 0) is 18.2 Å². The molecule has 6 nitrogen and oxygen atoms in total. The molecular formula is C15H12F3N5O. The van der Waals surface area contributed by atoms with Crippen LogP contribution < -0.4 is 5.73 Å². The second kappa shape index (κ2) is 6.00. The minimum Gasteiger partial charge on any atom is -0.397 e. The molecule has 0 fully saturated rings. The van der Waals surface area contributed by atoms with Gasteiger partial charge in [0, 0.05) is 13.3 Å². The fourth-order valence-corrected chi connectivity index (χ4v) is 2.25. The molecule has 3 heterocycles. The van der Waals surface area contributed by atoms with Gasteiger partial charge >= 0.3 is 6.18 Å². The molecule has 0 aliphatic heterocycles. The Morgan fingerprint density at radius 2 is 2.00 bits per heavy atom. The summed E-state index contributed by atoms with van der Waals surface area (Å²) < 4.78 is 44.4. The van der Waals surface area contributed by atoms with Gasteiger partial charge in [0.05, 0.1) is 29.7 Å². The summed E-state index contributed by atoms with van der Waals surface area (Å²) in [5, 5.41) is 0. The van der Waals surface area contributed by atoms with Crippen LogP contribution in [0.2, 0.25) is 0 Å². The summed E-state index contributed by atoms with van der Waals surface area (Å²) in [5.74, 6) is 0. The van der Waals surface area contributed by atoms with Crippen molar-refractivity contribution in [2.75, 3.05) is 12.8 Å². The third-order valence-corrected chi connectivity index (χ3v) is 3.25. The summed E-state index contributed by atoms with van der Waals surface area (Å²) in [6.07, 6.45) is -2.09. The van der Waals surface area contributed by atoms with Crippen LogP contribution in [0.4, 0.5) is 18.9 Å². The van der Waals surface area contributed by atoms with E-state index >= 15 is 0 Å². The molecule has 24 heavy (non-hydrogen) atoms. The maximum absolute atomic E-state index is 13.1. The van der Waals surface area contributed by atoms with Crippen LogP contribution in [0.3, 0.4) is 0 Å². The Balaban J connectivity index is 2.18. The predicted octanol–water partition coefficient (Wildman–Crippen LogP) is 2.83. The number of methoxy groups -OCH3 is 1. The number of rotatable bonds is 3. The number of hydrogen-bond donors (Lipinski definition) is 1. The first-order valence-corrected chi connectivity index (χ1v) is 6.84. The first-order valence-electron chi connectivity index (χ1n) is 6.84. The van der Waals surface area contributed by atoms with Crippen molar-refractivity contribution < 1.29 is 17.9 Å². The second-order valence-corrected chi connectivity index (χ2v) is 4.96. The average molecular weight is 335 g/mol. The molecule has 2 N–H and O–H groups in total. The van der Waals surface area contributed by atoms with E-state index < -0.39 is 11.7 Å². The first-order chi connectivity index (χ1) is 11.4. The number of anilines is 1. The number of hydrogen-bond acceptors (Lipinski definition) is 6. The molecular weight excluding hydrogens is 323 g/mol. The van der Waals surface area contributed by atoms with Crippen molar-refractivity contribution in [2.24, 2.45) is 0 Å². The Kier molecular flexibility index (Phi) is 4.02. The fourth-order valence-electron chi connectivity index (χ4n) is 2.25. The average Bonchev–Trinajstić information content (AvgIpc) is 2.54. The zero-order chi connectivity index (χ0) is 17.3. The van der Waals surface area contributed by atoms with Crippen molar-refractivity contribution in [1.29, 1.82) is 0 Å². The SMILES string of the molecule is COCc1cc(N)c2ncc(-c3ncccc3C(F)(F)F)nc2n1. The van der Waals surface area contributed by atoms with E-state index in [-0.39, 0.29) is 23.6 Å². The van der Waals surface area contributed by atoms with E-state index in [0.29, 0.717) is 16.9 Å². The number of pyridine rings is 2. The Hall–Kier alpha value is -2.81. The summed E-state index contributed by atoms with van der Waals surface area (Å²) in [6, 6.07) is 3.74. The lowest BCUT2D eigenvalue weighted by Crippen LogP contribution is -2.09. The molecule has 0 radical (unpaired) electrons. The van der Waals surface area contributed by atoms with Crippen molar-refractivity contribution in [3.63, 3.8) is 0 Å². The Morgan fingerprint density at radius 3 is 2.71 bits per heavy atom. The molecule has 0 amide bonds. The molecule has 3 aromatic heterocycles. The van der Waals surface area contributed by atoms with E-state index in [0.717, 1.165) is 6.07 Å². The van der Waals surface area contributed by atoms with Crippen molar-refractivity contribution in [3.8, 4) is 11.4 Å². The number of alkyl halides is 3. The van der Waals surface area contributed by atoms with Crippen LogP contribution in [-0.4, -0.2) is 27.0 Å². The third-order valence-electron chi connectivity index (χ3n) is 3.25. The predicted molar refractivity (Wildman–Crippen MR) is 80.7 cm³/mol. The minimum atomic E-state index is -4.55. The molecule has 124 valence electrons. The van der Waals surface area contributed by atoms with Gasteiger partial charge in [-0.1, -0.05) is 0 Å². The number of nitrogens with two attached hydrogens (primary N) is 1. The third kappa shape index (κ3) is 2.98. The van der Waals surface area contributed by atoms with Crippen LogP contribution in [0.25, 0.3) is 22.6 Å². The number of aromatic nitrogens is 4. The molecule has 0 aliphatic rings. The molecule has 0 spiro atoms. The van der Waals surface area contributed by atoms with Gasteiger partial charge < -0.3 is 10.5 Å². The van der Waals surface area contributed by atoms with Gasteiger partial charge in [-0.3, -0.25) is 4.98 Å². The second-order valence-electron chi connectivity index (χ2n) is 4.96. The Labute approximate surface area is 134 Å². The van der Waals surface area contributed by atoms with Gasteiger partial charge in [0.2, 0.25) is 0 Å². The maximum atomic E-state index is 13.1. The van der Waals surface area contributed by atoms with Crippen molar-refractivity contribution in [2.45, 2.75) is 12.8 Å². The summed E-state index contributed by atoms with van der Waals surface area (Å²) in [4.78, 5) is 16.2. The topological polar surface area (TPSA) is 86.8 Å². The van der Waals surface area contributed by atoms with Gasteiger partial charge in [0.1, 0.15) is 16.9 Å². The monoisotopic (exact) mass is 335 g/mol. The van der Waals surface area contributed by atoms with Gasteiger partial charge in [0.25, 0.3) is 0 Å². The quantitative estimate of drug-likeness (QED) is 0.792. The standard InChI is InChI=1S/C15H12F3N5O/c1-24-7-8-5-10(19)13-14(22-8)23-11(6-21-13)12-9(15(16,17)18)3-2-4-20-12/h2-6H,7H2,1H3,(H2,19,22,23). The normalized spacial score (nSPS) is 11.8. The lowest BCUT2D eigenvalue weighted by Gasteiger charge is -2.11. The molecule has 9 heteroatoms. The number of ether oxygens (including phenoxy) is 1. The maximum Gasteiger partial charge on any atom is 0.418 e. The highest BCUT2D eigenvalue weighted by Crippen LogP contribution is 2.35. The zero-order valence-corrected chi connectivity index (χ0v) is 12.5. The van der Waals surface area contributed by atoms with Crippen LogP contribution in [0.1, 0.15) is 11.3 Å². The lowest BCUT2D eigenvalue weighted by atomic mass is 10.1. The minimum absolute atomic E-state index is 0.0307. The number of nitrogens with zero attached hydrogens (tertiary/aromatic N) is 4. The van der Waals surface area contributed by atoms with Crippen LogP contribution in [0.5, 0.6) is 0 Å². The molecule has 3 aromatic rings. The highest BCUT2D eigenvalue weighted by Gasteiger charge is 2.34. The fraction of sp³-hybridized carbons (Fsp3) is 0.200. The molecule has 3 rings (SSSR count). The first kappa shape index (κ1) is 16.1. The Bertz CT molecular complexity index is 898. The van der Waals surface area contributed by atoms with E-state index in [1.54, 1.807) is 6.07 Å². The van der Waals surface area contributed by atoms with E-state index in [1.807, 2.05) is 0 Å². The van der Waals surface area contributed by atoms with Crippen LogP contribution in [0, 0.1) is 0 Å². The summed E-state index contributed by atoms with van der Waals surface area (Å²) in [7, 11) is 1.49.